The van der Waals surface area contributed by atoms with Gasteiger partial charge in [0.25, 0.3) is 0 Å². The van der Waals surface area contributed by atoms with E-state index in [9.17, 15) is 0 Å². The molecule has 0 saturated heterocycles. The number of benzene rings is 2. The number of ether oxygens (including phenoxy) is 2. The van der Waals surface area contributed by atoms with Crippen molar-refractivity contribution in [2.24, 2.45) is 0 Å². The average Bonchev–Trinajstić information content (AvgIpc) is 3.11. The van der Waals surface area contributed by atoms with E-state index >= 15 is 0 Å². The van der Waals surface area contributed by atoms with E-state index in [0.717, 1.165) is 39.7 Å². The molecule has 2 aromatic heterocycles. The lowest BCUT2D eigenvalue weighted by molar-refractivity contribution is 0.242. The van der Waals surface area contributed by atoms with E-state index in [1.54, 1.807) is 0 Å². The average molecular weight is 387 g/mol. The molecular weight excluding hydrogens is 362 g/mol. The van der Waals surface area contributed by atoms with Crippen LogP contribution < -0.4 is 9.47 Å². The van der Waals surface area contributed by atoms with Crippen molar-refractivity contribution in [1.29, 1.82) is 0 Å². The molecule has 29 heavy (non-hydrogen) atoms. The minimum atomic E-state index is 0.128. The Labute approximate surface area is 170 Å². The largest absolute Gasteiger partial charge is 0.491 e. The van der Waals surface area contributed by atoms with Crippen molar-refractivity contribution >= 4 is 5.65 Å². The first-order valence-electron chi connectivity index (χ1n) is 9.88. The van der Waals surface area contributed by atoms with E-state index < -0.39 is 0 Å². The first kappa shape index (κ1) is 19.0. The molecule has 5 nitrogen and oxygen atoms in total. The van der Waals surface area contributed by atoms with Crippen LogP contribution in [0.1, 0.15) is 27.7 Å². The van der Waals surface area contributed by atoms with Crippen molar-refractivity contribution in [3.05, 3.63) is 66.9 Å². The van der Waals surface area contributed by atoms with Crippen LogP contribution in [-0.2, 0) is 0 Å². The third-order valence-corrected chi connectivity index (χ3v) is 4.39. The topological polar surface area (TPSA) is 48.7 Å². The van der Waals surface area contributed by atoms with Gasteiger partial charge in [-0.3, -0.25) is 0 Å². The molecule has 0 atom stereocenters. The summed E-state index contributed by atoms with van der Waals surface area (Å²) < 4.78 is 13.4. The molecule has 4 rings (SSSR count). The number of rotatable bonds is 6. The van der Waals surface area contributed by atoms with E-state index in [1.165, 1.54) is 0 Å². The van der Waals surface area contributed by atoms with E-state index in [1.807, 2.05) is 99.1 Å². The molecular formula is C24H25N3O2. The second kappa shape index (κ2) is 7.95. The highest BCUT2D eigenvalue weighted by molar-refractivity contribution is 5.67. The molecule has 0 amide bonds. The summed E-state index contributed by atoms with van der Waals surface area (Å²) >= 11 is 0. The van der Waals surface area contributed by atoms with Crippen LogP contribution >= 0.6 is 0 Å². The first-order valence-corrected chi connectivity index (χ1v) is 9.88. The molecule has 0 N–H and O–H groups in total. The molecule has 0 unspecified atom stereocenters. The number of aromatic nitrogens is 3. The SMILES string of the molecule is CC(C)Oc1ccc(-c2cnc3ccc(-c4cccc(OC(C)C)c4)nn23)cc1. The van der Waals surface area contributed by atoms with Gasteiger partial charge in [0.1, 0.15) is 11.5 Å². The Kier molecular flexibility index (Phi) is 5.21. The van der Waals surface area contributed by atoms with E-state index in [2.05, 4.69) is 4.98 Å². The van der Waals surface area contributed by atoms with Crippen LogP contribution in [0.15, 0.2) is 66.9 Å². The maximum Gasteiger partial charge on any atom is 0.154 e. The second-order valence-electron chi connectivity index (χ2n) is 7.52. The van der Waals surface area contributed by atoms with Crippen LogP contribution in [0.2, 0.25) is 0 Å². The van der Waals surface area contributed by atoms with E-state index in [4.69, 9.17) is 14.6 Å². The molecule has 0 radical (unpaired) electrons. The molecule has 0 aliphatic carbocycles. The van der Waals surface area contributed by atoms with Crippen LogP contribution in [-0.4, -0.2) is 26.8 Å². The number of fused-ring (bicyclic) bond motifs is 1. The first-order chi connectivity index (χ1) is 14.0. The van der Waals surface area contributed by atoms with Gasteiger partial charge in [-0.2, -0.15) is 5.10 Å². The summed E-state index contributed by atoms with van der Waals surface area (Å²) in [6, 6.07) is 20.0. The molecule has 0 aliphatic heterocycles. The minimum absolute atomic E-state index is 0.128. The lowest BCUT2D eigenvalue weighted by Crippen LogP contribution is -2.05. The smallest absolute Gasteiger partial charge is 0.154 e. The third-order valence-electron chi connectivity index (χ3n) is 4.39. The lowest BCUT2D eigenvalue weighted by atomic mass is 10.1. The van der Waals surface area contributed by atoms with Crippen LogP contribution in [0.5, 0.6) is 11.5 Å². The summed E-state index contributed by atoms with van der Waals surface area (Å²) in [6.07, 6.45) is 2.13. The number of hydrogen-bond donors (Lipinski definition) is 0. The molecule has 4 aromatic rings. The molecule has 0 fully saturated rings. The lowest BCUT2D eigenvalue weighted by Gasteiger charge is -2.11. The van der Waals surface area contributed by atoms with Crippen molar-refractivity contribution < 1.29 is 9.47 Å². The third kappa shape index (κ3) is 4.24. The van der Waals surface area contributed by atoms with Gasteiger partial charge in [-0.25, -0.2) is 9.50 Å². The van der Waals surface area contributed by atoms with Crippen LogP contribution in [0.3, 0.4) is 0 Å². The minimum Gasteiger partial charge on any atom is -0.491 e. The van der Waals surface area contributed by atoms with Gasteiger partial charge >= 0.3 is 0 Å². The van der Waals surface area contributed by atoms with Gasteiger partial charge in [-0.05, 0) is 76.2 Å². The molecule has 5 heteroatoms. The number of imidazole rings is 1. The number of nitrogens with zero attached hydrogens (tertiary/aromatic N) is 3. The monoisotopic (exact) mass is 387 g/mol. The predicted octanol–water partition coefficient (Wildman–Crippen LogP) is 5.64. The van der Waals surface area contributed by atoms with Gasteiger partial charge < -0.3 is 9.47 Å². The van der Waals surface area contributed by atoms with Gasteiger partial charge in [-0.1, -0.05) is 12.1 Å². The fourth-order valence-electron chi connectivity index (χ4n) is 3.20. The molecule has 0 bridgehead atoms. The zero-order chi connectivity index (χ0) is 20.4. The zero-order valence-corrected chi connectivity index (χ0v) is 17.2. The fourth-order valence-corrected chi connectivity index (χ4v) is 3.20. The Balaban J connectivity index is 1.70. The Morgan fingerprint density at radius 2 is 1.48 bits per heavy atom. The molecule has 2 aromatic carbocycles. The molecule has 2 heterocycles. The van der Waals surface area contributed by atoms with Gasteiger partial charge in [0.05, 0.1) is 29.8 Å². The summed E-state index contributed by atoms with van der Waals surface area (Å²) in [6.45, 7) is 8.08. The maximum atomic E-state index is 5.82. The summed E-state index contributed by atoms with van der Waals surface area (Å²) in [5.41, 5.74) is 4.65. The Hall–Kier alpha value is -3.34. The highest BCUT2D eigenvalue weighted by atomic mass is 16.5. The Morgan fingerprint density at radius 3 is 2.21 bits per heavy atom. The summed E-state index contributed by atoms with van der Waals surface area (Å²) in [4.78, 5) is 4.50. The predicted molar refractivity (Wildman–Crippen MR) is 115 cm³/mol. The standard InChI is InChI=1S/C24H25N3O2/c1-16(2)28-20-10-8-18(9-11-20)23-15-25-24-13-12-22(26-27(23)24)19-6-5-7-21(14-19)29-17(3)4/h5-17H,1-4H3. The number of hydrogen-bond acceptors (Lipinski definition) is 4. The summed E-state index contributed by atoms with van der Waals surface area (Å²) in [5, 5.41) is 4.84. The molecule has 0 aliphatic rings. The van der Waals surface area contributed by atoms with Crippen molar-refractivity contribution in [2.45, 2.75) is 39.9 Å². The summed E-state index contributed by atoms with van der Waals surface area (Å²) in [7, 11) is 0. The Bertz CT molecular complexity index is 1110. The van der Waals surface area contributed by atoms with Gasteiger partial charge in [-0.15, -0.1) is 0 Å². The highest BCUT2D eigenvalue weighted by Gasteiger charge is 2.10. The van der Waals surface area contributed by atoms with E-state index in [-0.39, 0.29) is 12.2 Å². The van der Waals surface area contributed by atoms with Crippen molar-refractivity contribution in [3.8, 4) is 34.0 Å². The van der Waals surface area contributed by atoms with E-state index in [0.29, 0.717) is 0 Å². The zero-order valence-electron chi connectivity index (χ0n) is 17.2. The summed E-state index contributed by atoms with van der Waals surface area (Å²) in [5.74, 6) is 1.69. The van der Waals surface area contributed by atoms with Gasteiger partial charge in [0.2, 0.25) is 0 Å². The van der Waals surface area contributed by atoms with Crippen molar-refractivity contribution in [2.75, 3.05) is 0 Å². The van der Waals surface area contributed by atoms with Crippen LogP contribution in [0, 0.1) is 0 Å². The van der Waals surface area contributed by atoms with Crippen molar-refractivity contribution in [3.63, 3.8) is 0 Å². The normalized spacial score (nSPS) is 11.4. The fraction of sp³-hybridized carbons (Fsp3) is 0.250. The van der Waals surface area contributed by atoms with Gasteiger partial charge in [0, 0.05) is 11.1 Å². The quantitative estimate of drug-likeness (QED) is 0.430. The molecule has 0 saturated carbocycles. The highest BCUT2D eigenvalue weighted by Crippen LogP contribution is 2.27. The Morgan fingerprint density at radius 1 is 0.759 bits per heavy atom. The van der Waals surface area contributed by atoms with Crippen LogP contribution in [0.25, 0.3) is 28.2 Å². The molecule has 148 valence electrons. The second-order valence-corrected chi connectivity index (χ2v) is 7.52. The van der Waals surface area contributed by atoms with Gasteiger partial charge in [0.15, 0.2) is 5.65 Å². The van der Waals surface area contributed by atoms with Crippen LogP contribution in [0.4, 0.5) is 0 Å². The van der Waals surface area contributed by atoms with Crippen molar-refractivity contribution in [1.82, 2.24) is 14.6 Å². The molecule has 0 spiro atoms. The maximum absolute atomic E-state index is 5.82.